The van der Waals surface area contributed by atoms with Crippen molar-refractivity contribution in [2.24, 2.45) is 4.99 Å². The molecule has 0 radical (unpaired) electrons. The third-order valence-corrected chi connectivity index (χ3v) is 3.90. The van der Waals surface area contributed by atoms with Crippen molar-refractivity contribution in [2.75, 3.05) is 26.3 Å². The molecule has 1 amide bonds. The van der Waals surface area contributed by atoms with E-state index in [1.165, 1.54) is 11.8 Å². The lowest BCUT2D eigenvalue weighted by Crippen LogP contribution is -2.38. The molecule has 0 spiro atoms. The van der Waals surface area contributed by atoms with E-state index in [2.05, 4.69) is 14.9 Å². The zero-order valence-electron chi connectivity index (χ0n) is 10.3. The summed E-state index contributed by atoms with van der Waals surface area (Å²) in [5, 5.41) is 0.774. The van der Waals surface area contributed by atoms with Crippen molar-refractivity contribution in [3.8, 4) is 0 Å². The highest BCUT2D eigenvalue weighted by molar-refractivity contribution is 8.18. The summed E-state index contributed by atoms with van der Waals surface area (Å²) in [6.07, 6.45) is 3.49. The Kier molecular flexibility index (Phi) is 3.61. The van der Waals surface area contributed by atoms with E-state index in [0.717, 1.165) is 24.0 Å². The Bertz CT molecular complexity index is 536. The van der Waals surface area contributed by atoms with Crippen LogP contribution in [0.15, 0.2) is 34.3 Å². The number of carbonyl (C=O) groups excluding carboxylic acids is 1. The average Bonchev–Trinajstić information content (AvgIpc) is 2.82. The van der Waals surface area contributed by atoms with Crippen LogP contribution in [0.25, 0.3) is 6.08 Å². The summed E-state index contributed by atoms with van der Waals surface area (Å²) in [5.41, 5.74) is 0.775. The Morgan fingerprint density at radius 2 is 2.16 bits per heavy atom. The first-order valence-corrected chi connectivity index (χ1v) is 6.91. The van der Waals surface area contributed by atoms with Gasteiger partial charge in [0.1, 0.15) is 0 Å². The van der Waals surface area contributed by atoms with Crippen LogP contribution < -0.4 is 0 Å². The second-order valence-corrected chi connectivity index (χ2v) is 5.17. The number of ether oxygens (including phenoxy) is 1. The van der Waals surface area contributed by atoms with E-state index in [4.69, 9.17) is 4.74 Å². The molecule has 1 fully saturated rings. The third-order valence-electron chi connectivity index (χ3n) is 2.86. The lowest BCUT2D eigenvalue weighted by Gasteiger charge is -2.27. The minimum atomic E-state index is -0.183. The van der Waals surface area contributed by atoms with Gasteiger partial charge in [0.25, 0.3) is 5.91 Å². The maximum Gasteiger partial charge on any atom is 0.286 e. The molecule has 1 saturated heterocycles. The van der Waals surface area contributed by atoms with Gasteiger partial charge < -0.3 is 9.64 Å². The maximum absolute atomic E-state index is 11.9. The number of carbonyl (C=O) groups is 1. The van der Waals surface area contributed by atoms with Crippen LogP contribution in [0.4, 0.5) is 0 Å². The lowest BCUT2D eigenvalue weighted by molar-refractivity contribution is -0.113. The molecule has 0 aromatic carbocycles. The highest BCUT2D eigenvalue weighted by Gasteiger charge is 2.27. The Labute approximate surface area is 115 Å². The summed E-state index contributed by atoms with van der Waals surface area (Å²) in [6.45, 7) is 2.95. The van der Waals surface area contributed by atoms with E-state index in [9.17, 15) is 4.79 Å². The highest BCUT2D eigenvalue weighted by Crippen LogP contribution is 2.30. The topological polar surface area (TPSA) is 54.8 Å². The molecule has 0 unspecified atom stereocenters. The Morgan fingerprint density at radius 3 is 2.89 bits per heavy atom. The summed E-state index contributed by atoms with van der Waals surface area (Å²) < 4.78 is 5.29. The smallest absolute Gasteiger partial charge is 0.286 e. The summed E-state index contributed by atoms with van der Waals surface area (Å²) >= 11 is 1.41. The van der Waals surface area contributed by atoms with Crippen LogP contribution in [0.1, 0.15) is 5.69 Å². The molecule has 2 aliphatic rings. The number of hydrogen-bond acceptors (Lipinski definition) is 5. The lowest BCUT2D eigenvalue weighted by atomic mass is 10.3. The predicted molar refractivity (Wildman–Crippen MR) is 74.6 cm³/mol. The predicted octanol–water partition coefficient (Wildman–Crippen LogP) is 1.38. The largest absolute Gasteiger partial charge is 0.378 e. The molecule has 2 aliphatic heterocycles. The number of thioether (sulfide) groups is 1. The van der Waals surface area contributed by atoms with Crippen LogP contribution in [-0.4, -0.2) is 47.3 Å². The summed E-state index contributed by atoms with van der Waals surface area (Å²) in [7, 11) is 0. The first kappa shape index (κ1) is 12.4. The van der Waals surface area contributed by atoms with Gasteiger partial charge in [0.2, 0.25) is 0 Å². The zero-order valence-corrected chi connectivity index (χ0v) is 11.1. The summed E-state index contributed by atoms with van der Waals surface area (Å²) in [6, 6.07) is 5.61. The molecule has 98 valence electrons. The molecule has 1 aromatic heterocycles. The molecule has 1 aromatic rings. The first-order valence-electron chi connectivity index (χ1n) is 6.09. The molecule has 0 atom stereocenters. The van der Waals surface area contributed by atoms with Gasteiger partial charge in [-0.1, -0.05) is 6.07 Å². The number of rotatable bonds is 1. The van der Waals surface area contributed by atoms with Gasteiger partial charge in [-0.3, -0.25) is 9.78 Å². The molecule has 0 bridgehead atoms. The van der Waals surface area contributed by atoms with Crippen molar-refractivity contribution in [1.29, 1.82) is 0 Å². The van der Waals surface area contributed by atoms with Crippen molar-refractivity contribution < 1.29 is 9.53 Å². The quantitative estimate of drug-likeness (QED) is 0.725. The number of amidine groups is 1. The molecule has 3 rings (SSSR count). The van der Waals surface area contributed by atoms with Crippen molar-refractivity contribution in [1.82, 2.24) is 9.88 Å². The molecule has 0 N–H and O–H groups in total. The molecule has 5 nitrogen and oxygen atoms in total. The fraction of sp³-hybridized carbons (Fsp3) is 0.308. The van der Waals surface area contributed by atoms with E-state index in [-0.39, 0.29) is 5.91 Å². The molecule has 19 heavy (non-hydrogen) atoms. The fourth-order valence-corrected chi connectivity index (χ4v) is 2.83. The summed E-state index contributed by atoms with van der Waals surface area (Å²) in [4.78, 5) is 22.9. The maximum atomic E-state index is 11.9. The van der Waals surface area contributed by atoms with Gasteiger partial charge in [0, 0.05) is 19.3 Å². The molecule has 0 aliphatic carbocycles. The van der Waals surface area contributed by atoms with Gasteiger partial charge in [-0.15, -0.1) is 0 Å². The summed E-state index contributed by atoms with van der Waals surface area (Å²) in [5.74, 6) is -0.183. The van der Waals surface area contributed by atoms with Crippen molar-refractivity contribution in [2.45, 2.75) is 0 Å². The van der Waals surface area contributed by atoms with E-state index in [1.54, 1.807) is 12.3 Å². The van der Waals surface area contributed by atoms with Crippen LogP contribution in [0.3, 0.4) is 0 Å². The van der Waals surface area contributed by atoms with Crippen molar-refractivity contribution in [3.63, 3.8) is 0 Å². The van der Waals surface area contributed by atoms with Crippen molar-refractivity contribution in [3.05, 3.63) is 35.0 Å². The Hall–Kier alpha value is -1.66. The van der Waals surface area contributed by atoms with Crippen LogP contribution in [-0.2, 0) is 9.53 Å². The number of aromatic nitrogens is 1. The monoisotopic (exact) mass is 275 g/mol. The Balaban J connectivity index is 1.74. The highest BCUT2D eigenvalue weighted by atomic mass is 32.2. The van der Waals surface area contributed by atoms with Gasteiger partial charge >= 0.3 is 0 Å². The number of morpholine rings is 1. The number of nitrogens with zero attached hydrogens (tertiary/aromatic N) is 3. The fourth-order valence-electron chi connectivity index (χ4n) is 1.88. The zero-order chi connectivity index (χ0) is 13.1. The Morgan fingerprint density at radius 1 is 1.32 bits per heavy atom. The first-order chi connectivity index (χ1) is 9.33. The average molecular weight is 275 g/mol. The second kappa shape index (κ2) is 5.54. The van der Waals surface area contributed by atoms with Crippen LogP contribution in [0.5, 0.6) is 0 Å². The number of aliphatic imine (C=N–C) groups is 1. The third kappa shape index (κ3) is 2.85. The molecule has 0 saturated carbocycles. The molecular weight excluding hydrogens is 262 g/mol. The van der Waals surface area contributed by atoms with Gasteiger partial charge in [0.05, 0.1) is 23.8 Å². The van der Waals surface area contributed by atoms with E-state index in [0.29, 0.717) is 18.1 Å². The van der Waals surface area contributed by atoms with E-state index < -0.39 is 0 Å². The van der Waals surface area contributed by atoms with Crippen LogP contribution >= 0.6 is 11.8 Å². The normalized spacial score (nSPS) is 21.9. The van der Waals surface area contributed by atoms with Crippen LogP contribution in [0.2, 0.25) is 0 Å². The SMILES string of the molecule is O=C1N=C(N2CCOCC2)S/C1=C\c1ccccn1. The number of pyridine rings is 1. The van der Waals surface area contributed by atoms with Crippen LogP contribution in [0, 0.1) is 0 Å². The standard InChI is InChI=1S/C13H13N3O2S/c17-12-11(9-10-3-1-2-4-14-10)19-13(15-12)16-5-7-18-8-6-16/h1-4,9H,5-8H2/b11-9-. The minimum absolute atomic E-state index is 0.183. The van der Waals surface area contributed by atoms with E-state index >= 15 is 0 Å². The minimum Gasteiger partial charge on any atom is -0.378 e. The number of hydrogen-bond donors (Lipinski definition) is 0. The molecule has 3 heterocycles. The van der Waals surface area contributed by atoms with Gasteiger partial charge in [-0.25, -0.2) is 0 Å². The van der Waals surface area contributed by atoms with E-state index in [1.807, 2.05) is 18.2 Å². The van der Waals surface area contributed by atoms with Gasteiger partial charge in [0.15, 0.2) is 5.17 Å². The number of amides is 1. The van der Waals surface area contributed by atoms with Gasteiger partial charge in [-0.05, 0) is 30.0 Å². The molecule has 6 heteroatoms. The second-order valence-electron chi connectivity index (χ2n) is 4.16. The van der Waals surface area contributed by atoms with Crippen molar-refractivity contribution >= 4 is 28.9 Å². The molecular formula is C13H13N3O2S. The van der Waals surface area contributed by atoms with Gasteiger partial charge in [-0.2, -0.15) is 4.99 Å².